The number of rotatable bonds is 5. The lowest BCUT2D eigenvalue weighted by Gasteiger charge is -2.18. The van der Waals surface area contributed by atoms with E-state index in [1.165, 1.54) is 24.9 Å². The Balaban J connectivity index is 1.46. The molecule has 0 saturated carbocycles. The first-order valence-electron chi connectivity index (χ1n) is 9.48. The van der Waals surface area contributed by atoms with Crippen LogP contribution in [0.1, 0.15) is 23.3 Å². The highest BCUT2D eigenvalue weighted by Gasteiger charge is 2.14. The zero-order valence-electron chi connectivity index (χ0n) is 15.9. The second kappa shape index (κ2) is 8.08. The Morgan fingerprint density at radius 1 is 1.00 bits per heavy atom. The van der Waals surface area contributed by atoms with Crippen molar-refractivity contribution >= 4 is 28.8 Å². The van der Waals surface area contributed by atoms with Crippen LogP contribution >= 0.6 is 0 Å². The predicted octanol–water partition coefficient (Wildman–Crippen LogP) is 4.10. The lowest BCUT2D eigenvalue weighted by atomic mass is 10.2. The number of nitrogens with zero attached hydrogens (tertiary/aromatic N) is 4. The van der Waals surface area contributed by atoms with E-state index in [4.69, 9.17) is 0 Å². The quantitative estimate of drug-likeness (QED) is 0.730. The fraction of sp³-hybridized carbons (Fsp3) is 0.227. The molecule has 28 heavy (non-hydrogen) atoms. The van der Waals surface area contributed by atoms with Crippen molar-refractivity contribution in [2.45, 2.75) is 12.8 Å². The third-order valence-electron chi connectivity index (χ3n) is 4.97. The van der Waals surface area contributed by atoms with E-state index < -0.39 is 0 Å². The van der Waals surface area contributed by atoms with E-state index in [1.54, 1.807) is 6.07 Å². The number of nitrogens with one attached hydrogen (secondary N) is 1. The van der Waals surface area contributed by atoms with Gasteiger partial charge in [-0.25, -0.2) is 9.97 Å². The Labute approximate surface area is 164 Å². The summed E-state index contributed by atoms with van der Waals surface area (Å²) < 4.78 is 0. The summed E-state index contributed by atoms with van der Waals surface area (Å²) in [6, 6.07) is 19.5. The Morgan fingerprint density at radius 2 is 1.71 bits per heavy atom. The Morgan fingerprint density at radius 3 is 2.43 bits per heavy atom. The SMILES string of the molecule is CN(c1ccccc1)c1cc(C(=O)Nc2ccc(N3CCCC3)cc2)ncn1. The van der Waals surface area contributed by atoms with Gasteiger partial charge in [0.25, 0.3) is 5.91 Å². The topological polar surface area (TPSA) is 61.4 Å². The van der Waals surface area contributed by atoms with E-state index in [1.807, 2.05) is 54.4 Å². The summed E-state index contributed by atoms with van der Waals surface area (Å²) in [6.07, 6.45) is 3.90. The van der Waals surface area contributed by atoms with Gasteiger partial charge >= 0.3 is 0 Å². The molecule has 6 heteroatoms. The fourth-order valence-electron chi connectivity index (χ4n) is 3.36. The monoisotopic (exact) mass is 373 g/mol. The zero-order chi connectivity index (χ0) is 19.3. The molecule has 0 unspecified atom stereocenters. The number of hydrogen-bond donors (Lipinski definition) is 1. The molecule has 0 spiro atoms. The predicted molar refractivity (Wildman–Crippen MR) is 112 cm³/mol. The molecule has 1 aliphatic rings. The van der Waals surface area contributed by atoms with Gasteiger partial charge in [-0.3, -0.25) is 4.79 Å². The Bertz CT molecular complexity index is 937. The molecule has 1 fully saturated rings. The van der Waals surface area contributed by atoms with E-state index in [2.05, 4.69) is 32.3 Å². The van der Waals surface area contributed by atoms with Gasteiger partial charge in [-0.05, 0) is 49.2 Å². The maximum absolute atomic E-state index is 12.6. The van der Waals surface area contributed by atoms with Crippen LogP contribution in [-0.4, -0.2) is 36.0 Å². The highest BCUT2D eigenvalue weighted by molar-refractivity contribution is 6.03. The average Bonchev–Trinajstić information content (AvgIpc) is 3.29. The molecule has 142 valence electrons. The highest BCUT2D eigenvalue weighted by Crippen LogP contribution is 2.23. The summed E-state index contributed by atoms with van der Waals surface area (Å²) >= 11 is 0. The van der Waals surface area contributed by atoms with Crippen LogP contribution < -0.4 is 15.1 Å². The minimum Gasteiger partial charge on any atom is -0.372 e. The third kappa shape index (κ3) is 3.96. The minimum atomic E-state index is -0.251. The molecule has 1 aromatic heterocycles. The molecular weight excluding hydrogens is 350 g/mol. The normalized spacial score (nSPS) is 13.4. The van der Waals surface area contributed by atoms with Crippen LogP contribution in [0.25, 0.3) is 0 Å². The largest absolute Gasteiger partial charge is 0.372 e. The van der Waals surface area contributed by atoms with Gasteiger partial charge in [0.05, 0.1) is 0 Å². The molecular formula is C22H23N5O. The standard InChI is InChI=1S/C22H23N5O/c1-26(18-7-3-2-4-8-18)21-15-20(23-16-24-21)22(28)25-17-9-11-19(12-10-17)27-13-5-6-14-27/h2-4,7-12,15-16H,5-6,13-14H2,1H3,(H,25,28). The maximum atomic E-state index is 12.6. The van der Waals surface area contributed by atoms with Crippen molar-refractivity contribution in [2.75, 3.05) is 35.3 Å². The van der Waals surface area contributed by atoms with Crippen molar-refractivity contribution in [3.8, 4) is 0 Å². The number of anilines is 4. The smallest absolute Gasteiger partial charge is 0.274 e. The second-order valence-electron chi connectivity index (χ2n) is 6.85. The summed E-state index contributed by atoms with van der Waals surface area (Å²) in [4.78, 5) is 25.3. The number of para-hydroxylation sites is 1. The number of carbonyl (C=O) groups is 1. The van der Waals surface area contributed by atoms with Gasteiger partial charge in [-0.2, -0.15) is 0 Å². The van der Waals surface area contributed by atoms with Crippen LogP contribution in [0.5, 0.6) is 0 Å². The van der Waals surface area contributed by atoms with E-state index in [9.17, 15) is 4.79 Å². The van der Waals surface area contributed by atoms with Crippen molar-refractivity contribution < 1.29 is 4.79 Å². The van der Waals surface area contributed by atoms with Crippen LogP contribution in [0.2, 0.25) is 0 Å². The van der Waals surface area contributed by atoms with E-state index >= 15 is 0 Å². The number of benzene rings is 2. The Kier molecular flexibility index (Phi) is 5.19. The molecule has 4 rings (SSSR count). The average molecular weight is 373 g/mol. The molecule has 1 N–H and O–H groups in total. The van der Waals surface area contributed by atoms with Crippen molar-refractivity contribution in [1.29, 1.82) is 0 Å². The molecule has 6 nitrogen and oxygen atoms in total. The Hall–Kier alpha value is -3.41. The van der Waals surface area contributed by atoms with Gasteiger partial charge < -0.3 is 15.1 Å². The van der Waals surface area contributed by atoms with Gasteiger partial charge in [-0.15, -0.1) is 0 Å². The van der Waals surface area contributed by atoms with Crippen LogP contribution in [0, 0.1) is 0 Å². The molecule has 1 aliphatic heterocycles. The first-order chi connectivity index (χ1) is 13.7. The molecule has 1 amide bonds. The van der Waals surface area contributed by atoms with E-state index in [0.717, 1.165) is 24.5 Å². The number of carbonyl (C=O) groups excluding carboxylic acids is 1. The van der Waals surface area contributed by atoms with Crippen molar-refractivity contribution in [2.24, 2.45) is 0 Å². The summed E-state index contributed by atoms with van der Waals surface area (Å²) in [5.74, 6) is 0.412. The molecule has 0 radical (unpaired) electrons. The van der Waals surface area contributed by atoms with Crippen molar-refractivity contribution in [1.82, 2.24) is 9.97 Å². The van der Waals surface area contributed by atoms with Gasteiger partial charge in [0.15, 0.2) is 0 Å². The maximum Gasteiger partial charge on any atom is 0.274 e. The zero-order valence-corrected chi connectivity index (χ0v) is 15.9. The summed E-state index contributed by atoms with van der Waals surface area (Å²) in [7, 11) is 1.91. The van der Waals surface area contributed by atoms with Crippen LogP contribution in [0.15, 0.2) is 67.0 Å². The van der Waals surface area contributed by atoms with Crippen LogP contribution in [0.3, 0.4) is 0 Å². The first-order valence-corrected chi connectivity index (χ1v) is 9.48. The van der Waals surface area contributed by atoms with Crippen molar-refractivity contribution in [3.05, 3.63) is 72.7 Å². The molecule has 0 aliphatic carbocycles. The molecule has 2 heterocycles. The number of amides is 1. The summed E-state index contributed by atoms with van der Waals surface area (Å²) in [5.41, 5.74) is 3.27. The number of hydrogen-bond acceptors (Lipinski definition) is 5. The molecule has 0 bridgehead atoms. The molecule has 2 aromatic carbocycles. The molecule has 0 atom stereocenters. The first kappa shape index (κ1) is 18.0. The van der Waals surface area contributed by atoms with E-state index in [0.29, 0.717) is 11.5 Å². The lowest BCUT2D eigenvalue weighted by Crippen LogP contribution is -2.18. The third-order valence-corrected chi connectivity index (χ3v) is 4.97. The molecule has 1 saturated heterocycles. The summed E-state index contributed by atoms with van der Waals surface area (Å²) in [5, 5.41) is 2.92. The molecule has 3 aromatic rings. The van der Waals surface area contributed by atoms with Gasteiger partial charge in [0.2, 0.25) is 0 Å². The lowest BCUT2D eigenvalue weighted by molar-refractivity contribution is 0.102. The van der Waals surface area contributed by atoms with Crippen LogP contribution in [0.4, 0.5) is 22.9 Å². The fourth-order valence-corrected chi connectivity index (χ4v) is 3.36. The van der Waals surface area contributed by atoms with Crippen LogP contribution in [-0.2, 0) is 0 Å². The van der Waals surface area contributed by atoms with Crippen molar-refractivity contribution in [3.63, 3.8) is 0 Å². The number of aromatic nitrogens is 2. The van der Waals surface area contributed by atoms with Gasteiger partial charge in [0.1, 0.15) is 17.8 Å². The van der Waals surface area contributed by atoms with Gasteiger partial charge in [0, 0.05) is 43.3 Å². The minimum absolute atomic E-state index is 0.251. The summed E-state index contributed by atoms with van der Waals surface area (Å²) in [6.45, 7) is 2.20. The van der Waals surface area contributed by atoms with E-state index in [-0.39, 0.29) is 5.91 Å². The second-order valence-corrected chi connectivity index (χ2v) is 6.85. The van der Waals surface area contributed by atoms with Gasteiger partial charge in [-0.1, -0.05) is 18.2 Å². The highest BCUT2D eigenvalue weighted by atomic mass is 16.1.